The Morgan fingerprint density at radius 1 is 1.04 bits per heavy atom. The van der Waals surface area contributed by atoms with Crippen LogP contribution in [-0.4, -0.2) is 16.9 Å². The molecule has 126 valence electrons. The number of nitrogens with zero attached hydrogens (tertiary/aromatic N) is 1. The van der Waals surface area contributed by atoms with E-state index in [9.17, 15) is 4.79 Å². The number of hydrogen-bond donors (Lipinski definition) is 2. The lowest BCUT2D eigenvalue weighted by molar-refractivity contribution is 0.102. The molecule has 0 unspecified atom stereocenters. The SMILES string of the molecule is O=C(Nc1ccccc1Br)c1ccc(NC2CCCCCC2)cn1. The number of aromatic nitrogens is 1. The van der Waals surface area contributed by atoms with Crippen LogP contribution in [0.5, 0.6) is 0 Å². The van der Waals surface area contributed by atoms with E-state index in [1.54, 1.807) is 12.3 Å². The number of halogens is 1. The maximum Gasteiger partial charge on any atom is 0.274 e. The number of hydrogen-bond acceptors (Lipinski definition) is 3. The van der Waals surface area contributed by atoms with E-state index in [0.717, 1.165) is 15.8 Å². The van der Waals surface area contributed by atoms with E-state index in [1.807, 2.05) is 30.3 Å². The molecule has 0 aliphatic heterocycles. The molecule has 1 heterocycles. The van der Waals surface area contributed by atoms with Crippen molar-refractivity contribution in [2.24, 2.45) is 0 Å². The highest BCUT2D eigenvalue weighted by Gasteiger charge is 2.13. The second-order valence-electron chi connectivity index (χ2n) is 6.20. The largest absolute Gasteiger partial charge is 0.381 e. The Kier molecular flexibility index (Phi) is 5.86. The smallest absolute Gasteiger partial charge is 0.274 e. The number of pyridine rings is 1. The van der Waals surface area contributed by atoms with Crippen LogP contribution in [0, 0.1) is 0 Å². The first kappa shape index (κ1) is 17.0. The predicted octanol–water partition coefficient (Wildman–Crippen LogP) is 5.23. The van der Waals surface area contributed by atoms with Crippen molar-refractivity contribution in [1.29, 1.82) is 0 Å². The fourth-order valence-electron chi connectivity index (χ4n) is 3.02. The minimum Gasteiger partial charge on any atom is -0.381 e. The number of nitrogens with one attached hydrogen (secondary N) is 2. The van der Waals surface area contributed by atoms with E-state index >= 15 is 0 Å². The van der Waals surface area contributed by atoms with Gasteiger partial charge in [0.1, 0.15) is 5.69 Å². The first-order valence-electron chi connectivity index (χ1n) is 8.51. The van der Waals surface area contributed by atoms with Crippen LogP contribution in [0.3, 0.4) is 0 Å². The van der Waals surface area contributed by atoms with Crippen LogP contribution in [0.2, 0.25) is 0 Å². The molecule has 1 amide bonds. The van der Waals surface area contributed by atoms with Gasteiger partial charge in [0.25, 0.3) is 5.91 Å². The highest BCUT2D eigenvalue weighted by molar-refractivity contribution is 9.10. The molecule has 0 radical (unpaired) electrons. The molecular formula is C19H22BrN3O. The molecule has 1 aromatic carbocycles. The van der Waals surface area contributed by atoms with Gasteiger partial charge in [-0.1, -0.05) is 37.8 Å². The summed E-state index contributed by atoms with van der Waals surface area (Å²) in [4.78, 5) is 16.6. The average Bonchev–Trinajstić information content (AvgIpc) is 2.86. The molecule has 2 aromatic rings. The summed E-state index contributed by atoms with van der Waals surface area (Å²) < 4.78 is 0.852. The molecule has 0 atom stereocenters. The van der Waals surface area contributed by atoms with Gasteiger partial charge in [0, 0.05) is 10.5 Å². The van der Waals surface area contributed by atoms with E-state index in [2.05, 4.69) is 31.5 Å². The maximum absolute atomic E-state index is 12.3. The number of carbonyl (C=O) groups excluding carboxylic acids is 1. The first-order valence-corrected chi connectivity index (χ1v) is 9.30. The quantitative estimate of drug-likeness (QED) is 0.705. The van der Waals surface area contributed by atoms with Gasteiger partial charge >= 0.3 is 0 Å². The summed E-state index contributed by atoms with van der Waals surface area (Å²) in [7, 11) is 0. The molecule has 4 nitrogen and oxygen atoms in total. The zero-order valence-corrected chi connectivity index (χ0v) is 15.2. The van der Waals surface area contributed by atoms with Gasteiger partial charge < -0.3 is 10.6 Å². The van der Waals surface area contributed by atoms with Crippen LogP contribution in [-0.2, 0) is 0 Å². The van der Waals surface area contributed by atoms with E-state index in [-0.39, 0.29) is 5.91 Å². The molecule has 1 aliphatic rings. The normalized spacial score (nSPS) is 15.5. The van der Waals surface area contributed by atoms with E-state index in [1.165, 1.54) is 38.5 Å². The second-order valence-corrected chi connectivity index (χ2v) is 7.05. The third-order valence-corrected chi connectivity index (χ3v) is 5.04. The molecule has 2 N–H and O–H groups in total. The summed E-state index contributed by atoms with van der Waals surface area (Å²) in [6.45, 7) is 0. The van der Waals surface area contributed by atoms with Crippen molar-refractivity contribution in [3.63, 3.8) is 0 Å². The summed E-state index contributed by atoms with van der Waals surface area (Å²) in [6.07, 6.45) is 9.43. The Hall–Kier alpha value is -1.88. The molecule has 24 heavy (non-hydrogen) atoms. The molecule has 3 rings (SSSR count). The average molecular weight is 388 g/mol. The van der Waals surface area contributed by atoms with E-state index in [0.29, 0.717) is 11.7 Å². The molecular weight excluding hydrogens is 366 g/mol. The van der Waals surface area contributed by atoms with Crippen molar-refractivity contribution in [3.05, 3.63) is 52.8 Å². The monoisotopic (exact) mass is 387 g/mol. The molecule has 1 aromatic heterocycles. The standard InChI is InChI=1S/C19H22BrN3O/c20-16-9-5-6-10-17(16)23-19(24)18-12-11-15(13-21-18)22-14-7-3-1-2-4-8-14/h5-6,9-14,22H,1-4,7-8H2,(H,23,24). The lowest BCUT2D eigenvalue weighted by Gasteiger charge is -2.17. The van der Waals surface area contributed by atoms with E-state index < -0.39 is 0 Å². The van der Waals surface area contributed by atoms with Gasteiger partial charge in [-0.15, -0.1) is 0 Å². The molecule has 1 aliphatic carbocycles. The number of rotatable bonds is 4. The van der Waals surface area contributed by atoms with Crippen molar-refractivity contribution >= 4 is 33.2 Å². The fraction of sp³-hybridized carbons (Fsp3) is 0.368. The van der Waals surface area contributed by atoms with Crippen molar-refractivity contribution in [1.82, 2.24) is 4.98 Å². The molecule has 0 spiro atoms. The van der Waals surface area contributed by atoms with Gasteiger partial charge in [-0.25, -0.2) is 4.98 Å². The van der Waals surface area contributed by atoms with Gasteiger partial charge in [-0.2, -0.15) is 0 Å². The number of anilines is 2. The Labute approximate surface area is 151 Å². The zero-order chi connectivity index (χ0) is 16.8. The predicted molar refractivity (Wildman–Crippen MR) is 101 cm³/mol. The van der Waals surface area contributed by atoms with Crippen molar-refractivity contribution in [3.8, 4) is 0 Å². The minimum atomic E-state index is -0.206. The van der Waals surface area contributed by atoms with Crippen molar-refractivity contribution in [2.75, 3.05) is 10.6 Å². The summed E-state index contributed by atoms with van der Waals surface area (Å²) in [6, 6.07) is 11.8. The number of para-hydroxylation sites is 1. The molecule has 0 bridgehead atoms. The second kappa shape index (κ2) is 8.29. The summed E-state index contributed by atoms with van der Waals surface area (Å²) >= 11 is 3.43. The highest BCUT2D eigenvalue weighted by Crippen LogP contribution is 2.23. The third-order valence-electron chi connectivity index (χ3n) is 4.34. The van der Waals surface area contributed by atoms with Crippen LogP contribution in [0.4, 0.5) is 11.4 Å². The minimum absolute atomic E-state index is 0.206. The Morgan fingerprint density at radius 3 is 2.46 bits per heavy atom. The Balaban J connectivity index is 1.61. The molecule has 1 fully saturated rings. The summed E-state index contributed by atoms with van der Waals surface area (Å²) in [5, 5.41) is 6.41. The lowest BCUT2D eigenvalue weighted by Crippen LogP contribution is -2.19. The van der Waals surface area contributed by atoms with Crippen LogP contribution in [0.1, 0.15) is 49.0 Å². The maximum atomic E-state index is 12.3. The molecule has 0 saturated heterocycles. The summed E-state index contributed by atoms with van der Waals surface area (Å²) in [5.41, 5.74) is 2.14. The van der Waals surface area contributed by atoms with Crippen LogP contribution < -0.4 is 10.6 Å². The number of carbonyl (C=O) groups is 1. The zero-order valence-electron chi connectivity index (χ0n) is 13.6. The molecule has 5 heteroatoms. The third kappa shape index (κ3) is 4.57. The number of benzene rings is 1. The number of amides is 1. The lowest BCUT2D eigenvalue weighted by atomic mass is 10.1. The van der Waals surface area contributed by atoms with Crippen molar-refractivity contribution < 1.29 is 4.79 Å². The topological polar surface area (TPSA) is 54.0 Å². The van der Waals surface area contributed by atoms with Crippen LogP contribution in [0.15, 0.2) is 47.1 Å². The Bertz CT molecular complexity index is 679. The van der Waals surface area contributed by atoms with Gasteiger partial charge in [0.2, 0.25) is 0 Å². The molecule has 1 saturated carbocycles. The van der Waals surface area contributed by atoms with Crippen LogP contribution >= 0.6 is 15.9 Å². The van der Waals surface area contributed by atoms with E-state index in [4.69, 9.17) is 0 Å². The first-order chi connectivity index (χ1) is 11.7. The van der Waals surface area contributed by atoms with Crippen LogP contribution in [0.25, 0.3) is 0 Å². The highest BCUT2D eigenvalue weighted by atomic mass is 79.9. The Morgan fingerprint density at radius 2 is 1.79 bits per heavy atom. The van der Waals surface area contributed by atoms with Gasteiger partial charge in [0.05, 0.1) is 17.6 Å². The summed E-state index contributed by atoms with van der Waals surface area (Å²) in [5.74, 6) is -0.206. The fourth-order valence-corrected chi connectivity index (χ4v) is 3.41. The van der Waals surface area contributed by atoms with Crippen molar-refractivity contribution in [2.45, 2.75) is 44.6 Å². The van der Waals surface area contributed by atoms with Gasteiger partial charge in [-0.05, 0) is 53.0 Å². The van der Waals surface area contributed by atoms with Gasteiger partial charge in [0.15, 0.2) is 0 Å². The van der Waals surface area contributed by atoms with Gasteiger partial charge in [-0.3, -0.25) is 4.79 Å².